The number of amides is 1. The molecule has 1 fully saturated rings. The van der Waals surface area contributed by atoms with Gasteiger partial charge in [0.15, 0.2) is 5.65 Å². The summed E-state index contributed by atoms with van der Waals surface area (Å²) in [6.45, 7) is 10.0. The molecule has 2 aromatic heterocycles. The Bertz CT molecular complexity index is 1180. The molecule has 0 aliphatic carbocycles. The first-order valence-corrected chi connectivity index (χ1v) is 11.8. The Kier molecular flexibility index (Phi) is 7.05. The third-order valence-corrected chi connectivity index (χ3v) is 6.69. The van der Waals surface area contributed by atoms with Crippen LogP contribution in [-0.4, -0.2) is 38.5 Å². The van der Waals surface area contributed by atoms with Crippen molar-refractivity contribution >= 4 is 11.6 Å². The molecule has 7 nitrogen and oxygen atoms in total. The van der Waals surface area contributed by atoms with Crippen LogP contribution in [0, 0.1) is 31.1 Å². The van der Waals surface area contributed by atoms with Gasteiger partial charge in [0.1, 0.15) is 11.6 Å². The summed E-state index contributed by atoms with van der Waals surface area (Å²) in [4.78, 5) is 19.6. The van der Waals surface area contributed by atoms with Crippen molar-refractivity contribution in [3.63, 3.8) is 0 Å². The first kappa shape index (κ1) is 22.9. The number of nitriles is 1. The van der Waals surface area contributed by atoms with Crippen molar-refractivity contribution in [2.24, 2.45) is 5.92 Å². The second kappa shape index (κ2) is 10.1. The van der Waals surface area contributed by atoms with Crippen molar-refractivity contribution in [2.75, 3.05) is 13.1 Å². The molecule has 0 bridgehead atoms. The van der Waals surface area contributed by atoms with Gasteiger partial charge in [-0.3, -0.25) is 9.69 Å². The molecule has 0 atom stereocenters. The predicted octanol–water partition coefficient (Wildman–Crippen LogP) is 3.70. The lowest BCUT2D eigenvalue weighted by molar-refractivity contribution is -0.121. The molecule has 1 N–H and O–H groups in total. The third-order valence-electron chi connectivity index (χ3n) is 6.69. The van der Waals surface area contributed by atoms with Crippen molar-refractivity contribution in [1.82, 2.24) is 24.8 Å². The van der Waals surface area contributed by atoms with Gasteiger partial charge in [0, 0.05) is 30.9 Å². The van der Waals surface area contributed by atoms with Gasteiger partial charge < -0.3 is 5.32 Å². The van der Waals surface area contributed by atoms with E-state index in [-0.39, 0.29) is 5.91 Å². The Hall–Kier alpha value is -3.24. The lowest BCUT2D eigenvalue weighted by Gasteiger charge is -2.30. The number of likely N-dealkylation sites (tertiary alicyclic amines) is 1. The molecule has 1 aliphatic heterocycles. The standard InChI is InChI=1S/C26H32N6O/c1-18-9-11-31(12-10-18)17-22-6-4-5-21(13-22)15-28-25(33)8-7-24-19(2)30-26-23(14-27)16-29-32(26)20(24)3/h4-6,13,16,18H,7-12,15,17H2,1-3H3,(H,28,33). The topological polar surface area (TPSA) is 86.3 Å². The molecule has 7 heteroatoms. The highest BCUT2D eigenvalue weighted by molar-refractivity contribution is 5.76. The summed E-state index contributed by atoms with van der Waals surface area (Å²) in [6.07, 6.45) is 5.05. The number of rotatable bonds is 7. The zero-order chi connectivity index (χ0) is 23.4. The van der Waals surface area contributed by atoms with E-state index in [1.165, 1.54) is 24.6 Å². The van der Waals surface area contributed by atoms with E-state index in [9.17, 15) is 10.1 Å². The first-order chi connectivity index (χ1) is 15.9. The van der Waals surface area contributed by atoms with Gasteiger partial charge in [-0.25, -0.2) is 9.50 Å². The van der Waals surface area contributed by atoms with Gasteiger partial charge in [-0.1, -0.05) is 31.2 Å². The number of hydrogen-bond acceptors (Lipinski definition) is 5. The molecule has 3 aromatic rings. The van der Waals surface area contributed by atoms with Crippen molar-refractivity contribution in [1.29, 1.82) is 5.26 Å². The molecule has 1 saturated heterocycles. The van der Waals surface area contributed by atoms with Gasteiger partial charge in [0.05, 0.1) is 6.20 Å². The highest BCUT2D eigenvalue weighted by Gasteiger charge is 2.16. The average Bonchev–Trinajstić information content (AvgIpc) is 3.22. The lowest BCUT2D eigenvalue weighted by atomic mass is 9.98. The molecule has 0 unspecified atom stereocenters. The van der Waals surface area contributed by atoms with Crippen LogP contribution >= 0.6 is 0 Å². The van der Waals surface area contributed by atoms with E-state index in [2.05, 4.69) is 57.6 Å². The number of carbonyl (C=O) groups excluding carboxylic acids is 1. The number of piperidine rings is 1. The summed E-state index contributed by atoms with van der Waals surface area (Å²) in [5.41, 5.74) is 6.22. The van der Waals surface area contributed by atoms with E-state index in [1.54, 1.807) is 4.52 Å². The largest absolute Gasteiger partial charge is 0.352 e. The molecule has 0 saturated carbocycles. The molecule has 0 radical (unpaired) electrons. The maximum atomic E-state index is 12.6. The molecule has 1 aromatic carbocycles. The van der Waals surface area contributed by atoms with Crippen molar-refractivity contribution in [3.8, 4) is 6.07 Å². The maximum absolute atomic E-state index is 12.6. The number of aryl methyl sites for hydroxylation is 2. The van der Waals surface area contributed by atoms with Crippen molar-refractivity contribution in [3.05, 3.63) is 64.1 Å². The lowest BCUT2D eigenvalue weighted by Crippen LogP contribution is -2.32. The minimum Gasteiger partial charge on any atom is -0.352 e. The fourth-order valence-corrected chi connectivity index (χ4v) is 4.60. The minimum absolute atomic E-state index is 0.0162. The number of fused-ring (bicyclic) bond motifs is 1. The van der Waals surface area contributed by atoms with Crippen molar-refractivity contribution in [2.45, 2.75) is 59.5 Å². The minimum atomic E-state index is 0.0162. The zero-order valence-electron chi connectivity index (χ0n) is 19.8. The number of carbonyl (C=O) groups is 1. The number of benzene rings is 1. The summed E-state index contributed by atoms with van der Waals surface area (Å²) < 4.78 is 1.69. The Morgan fingerprint density at radius 3 is 2.76 bits per heavy atom. The van der Waals surface area contributed by atoms with Gasteiger partial charge >= 0.3 is 0 Å². The number of nitrogens with zero attached hydrogens (tertiary/aromatic N) is 5. The molecule has 0 spiro atoms. The second-order valence-electron chi connectivity index (χ2n) is 9.22. The quantitative estimate of drug-likeness (QED) is 0.601. The van der Waals surface area contributed by atoms with E-state index in [0.717, 1.165) is 48.1 Å². The summed E-state index contributed by atoms with van der Waals surface area (Å²) in [6, 6.07) is 10.6. The normalized spacial score (nSPS) is 15.0. The van der Waals surface area contributed by atoms with Gasteiger partial charge in [-0.15, -0.1) is 0 Å². The monoisotopic (exact) mass is 444 g/mol. The van der Waals surface area contributed by atoms with Crippen LogP contribution in [-0.2, 0) is 24.3 Å². The van der Waals surface area contributed by atoms with E-state index < -0.39 is 0 Å². The van der Waals surface area contributed by atoms with Crippen molar-refractivity contribution < 1.29 is 4.79 Å². The molecule has 3 heterocycles. The van der Waals surface area contributed by atoms with E-state index >= 15 is 0 Å². The van der Waals surface area contributed by atoms with E-state index in [1.807, 2.05) is 13.8 Å². The molecule has 172 valence electrons. The highest BCUT2D eigenvalue weighted by atomic mass is 16.1. The van der Waals surface area contributed by atoms with Crippen LogP contribution in [0.3, 0.4) is 0 Å². The molecule has 33 heavy (non-hydrogen) atoms. The maximum Gasteiger partial charge on any atom is 0.220 e. The Balaban J connectivity index is 1.32. The number of hydrogen-bond donors (Lipinski definition) is 1. The predicted molar refractivity (Wildman–Crippen MR) is 127 cm³/mol. The van der Waals surface area contributed by atoms with Gasteiger partial charge in [0.2, 0.25) is 5.91 Å². The molecular weight excluding hydrogens is 412 g/mol. The van der Waals surface area contributed by atoms with Crippen LogP contribution < -0.4 is 5.32 Å². The molecule has 1 amide bonds. The number of nitrogens with one attached hydrogen (secondary N) is 1. The van der Waals surface area contributed by atoms with E-state index in [0.29, 0.717) is 30.6 Å². The SMILES string of the molecule is Cc1nc2c(C#N)cnn2c(C)c1CCC(=O)NCc1cccc(CN2CCC(C)CC2)c1. The zero-order valence-corrected chi connectivity index (χ0v) is 19.8. The van der Waals surface area contributed by atoms with Crippen LogP contribution in [0.4, 0.5) is 0 Å². The van der Waals surface area contributed by atoms with Gasteiger partial charge in [-0.2, -0.15) is 10.4 Å². The fraction of sp³-hybridized carbons (Fsp3) is 0.462. The summed E-state index contributed by atoms with van der Waals surface area (Å²) in [5.74, 6) is 0.852. The average molecular weight is 445 g/mol. The summed E-state index contributed by atoms with van der Waals surface area (Å²) in [7, 11) is 0. The third kappa shape index (κ3) is 5.40. The van der Waals surface area contributed by atoms with E-state index in [4.69, 9.17) is 0 Å². The molecular formula is C26H32N6O. The summed E-state index contributed by atoms with van der Waals surface area (Å²) in [5, 5.41) is 16.5. The first-order valence-electron chi connectivity index (χ1n) is 11.8. The Morgan fingerprint density at radius 2 is 2.00 bits per heavy atom. The van der Waals surface area contributed by atoms with Crippen LogP contribution in [0.2, 0.25) is 0 Å². The van der Waals surface area contributed by atoms with Crippen LogP contribution in [0.25, 0.3) is 5.65 Å². The smallest absolute Gasteiger partial charge is 0.220 e. The second-order valence-corrected chi connectivity index (χ2v) is 9.22. The Morgan fingerprint density at radius 1 is 1.24 bits per heavy atom. The van der Waals surface area contributed by atoms with Crippen LogP contribution in [0.5, 0.6) is 0 Å². The Labute approximate surface area is 195 Å². The van der Waals surface area contributed by atoms with Gasteiger partial charge in [-0.05, 0) is 68.8 Å². The van der Waals surface area contributed by atoms with Gasteiger partial charge in [0.25, 0.3) is 0 Å². The number of aromatic nitrogens is 3. The van der Waals surface area contributed by atoms with Crippen LogP contribution in [0.15, 0.2) is 30.5 Å². The summed E-state index contributed by atoms with van der Waals surface area (Å²) >= 11 is 0. The van der Waals surface area contributed by atoms with Crippen LogP contribution in [0.1, 0.15) is 59.8 Å². The molecule has 1 aliphatic rings. The highest BCUT2D eigenvalue weighted by Crippen LogP contribution is 2.19. The molecule has 4 rings (SSSR count). The fourth-order valence-electron chi connectivity index (χ4n) is 4.60.